The van der Waals surface area contributed by atoms with Gasteiger partial charge in [0.1, 0.15) is 23.9 Å². The number of fused-ring (bicyclic) bond motifs is 1. The topological polar surface area (TPSA) is 134 Å². The van der Waals surface area contributed by atoms with E-state index in [0.29, 0.717) is 25.3 Å². The first-order valence-electron chi connectivity index (χ1n) is 12.7. The number of carbonyl (C=O) groups excluding carboxylic acids is 2. The number of aromatic amines is 2. The molecule has 2 aromatic heterocycles. The molecule has 2 unspecified atom stereocenters. The highest BCUT2D eigenvalue weighted by molar-refractivity contribution is 7.71. The first-order valence-corrected chi connectivity index (χ1v) is 13.1. The van der Waals surface area contributed by atoms with E-state index in [0.717, 1.165) is 28.2 Å². The molecule has 14 heteroatoms. The average molecular weight is 587 g/mol. The SMILES string of the molecule is Cc1cc(COc2ccc(C(=O)NC3CCNCC3c3nc(=S)[nH][nH]3)c(OC(=O)C(F)(F)F)c2)c2ccccc2n1. The largest absolute Gasteiger partial charge is 0.491 e. The van der Waals surface area contributed by atoms with Crippen LogP contribution in [0.2, 0.25) is 0 Å². The fourth-order valence-corrected chi connectivity index (χ4v) is 4.87. The van der Waals surface area contributed by atoms with Crippen LogP contribution in [0, 0.1) is 11.7 Å². The number of H-pyrrole nitrogens is 2. The molecule has 214 valence electrons. The molecule has 1 amide bonds. The molecule has 2 aromatic carbocycles. The smallest absolute Gasteiger partial charge is 0.489 e. The van der Waals surface area contributed by atoms with Crippen LogP contribution < -0.4 is 20.1 Å². The van der Waals surface area contributed by atoms with Crippen molar-refractivity contribution in [1.82, 2.24) is 30.8 Å². The van der Waals surface area contributed by atoms with Crippen molar-refractivity contribution in [2.45, 2.75) is 38.1 Å². The Morgan fingerprint density at radius 2 is 1.93 bits per heavy atom. The van der Waals surface area contributed by atoms with Gasteiger partial charge >= 0.3 is 12.1 Å². The maximum atomic E-state index is 13.3. The monoisotopic (exact) mass is 586 g/mol. The zero-order valence-electron chi connectivity index (χ0n) is 21.7. The lowest BCUT2D eigenvalue weighted by Gasteiger charge is -2.31. The molecule has 1 fully saturated rings. The van der Waals surface area contributed by atoms with Gasteiger partial charge in [-0.1, -0.05) is 18.2 Å². The van der Waals surface area contributed by atoms with E-state index in [-0.39, 0.29) is 28.6 Å². The van der Waals surface area contributed by atoms with E-state index >= 15 is 0 Å². The third kappa shape index (κ3) is 6.55. The number of hydrogen-bond donors (Lipinski definition) is 4. The molecule has 5 rings (SSSR count). The van der Waals surface area contributed by atoms with Gasteiger partial charge in [0.05, 0.1) is 17.0 Å². The minimum absolute atomic E-state index is 0.0594. The van der Waals surface area contributed by atoms with Gasteiger partial charge in [-0.3, -0.25) is 20.0 Å². The van der Waals surface area contributed by atoms with Gasteiger partial charge in [-0.25, -0.2) is 9.78 Å². The molecule has 0 bridgehead atoms. The van der Waals surface area contributed by atoms with Gasteiger partial charge in [0.15, 0.2) is 0 Å². The highest BCUT2D eigenvalue weighted by atomic mass is 32.1. The number of esters is 1. The second kappa shape index (κ2) is 11.7. The number of carbonyl (C=O) groups is 2. The van der Waals surface area contributed by atoms with E-state index < -0.39 is 29.8 Å². The summed E-state index contributed by atoms with van der Waals surface area (Å²) < 4.78 is 50.1. The number of nitrogens with one attached hydrogen (secondary N) is 4. The van der Waals surface area contributed by atoms with E-state index in [1.165, 1.54) is 12.1 Å². The molecule has 0 aliphatic carbocycles. The number of aromatic nitrogens is 4. The van der Waals surface area contributed by atoms with Gasteiger partial charge in [-0.05, 0) is 56.4 Å². The number of para-hydroxylation sites is 1. The second-order valence-corrected chi connectivity index (χ2v) is 9.89. The first kappa shape index (κ1) is 28.2. The molecule has 0 spiro atoms. The van der Waals surface area contributed by atoms with Crippen molar-refractivity contribution in [2.24, 2.45) is 0 Å². The zero-order chi connectivity index (χ0) is 29.1. The summed E-state index contributed by atoms with van der Waals surface area (Å²) in [6, 6.07) is 12.7. The van der Waals surface area contributed by atoms with Crippen molar-refractivity contribution in [2.75, 3.05) is 13.1 Å². The Bertz CT molecular complexity index is 1650. The summed E-state index contributed by atoms with van der Waals surface area (Å²) in [4.78, 5) is 33.8. The van der Waals surface area contributed by atoms with Gasteiger partial charge in [0.25, 0.3) is 5.91 Å². The third-order valence-electron chi connectivity index (χ3n) is 6.63. The number of amides is 1. The number of rotatable bonds is 7. The summed E-state index contributed by atoms with van der Waals surface area (Å²) in [5.41, 5.74) is 2.08. The normalized spacial score (nSPS) is 17.3. The summed E-state index contributed by atoms with van der Waals surface area (Å²) in [7, 11) is 0. The lowest BCUT2D eigenvalue weighted by atomic mass is 9.92. The Hall–Kier alpha value is -4.30. The van der Waals surface area contributed by atoms with Gasteiger partial charge in [-0.2, -0.15) is 13.2 Å². The summed E-state index contributed by atoms with van der Waals surface area (Å²) in [5, 5.41) is 12.5. The number of pyridine rings is 1. The van der Waals surface area contributed by atoms with Crippen LogP contribution in [-0.4, -0.2) is 57.3 Å². The second-order valence-electron chi connectivity index (χ2n) is 9.51. The van der Waals surface area contributed by atoms with Crippen LogP contribution in [0.5, 0.6) is 11.5 Å². The van der Waals surface area contributed by atoms with Gasteiger partial charge in [-0.15, -0.1) is 0 Å². The molecule has 1 aliphatic heterocycles. The molecule has 2 atom stereocenters. The average Bonchev–Trinajstić information content (AvgIpc) is 3.37. The van der Waals surface area contributed by atoms with Crippen LogP contribution in [0.3, 0.4) is 0 Å². The molecule has 41 heavy (non-hydrogen) atoms. The predicted octanol–water partition coefficient (Wildman–Crippen LogP) is 4.25. The maximum absolute atomic E-state index is 13.3. The minimum atomic E-state index is -5.27. The minimum Gasteiger partial charge on any atom is -0.489 e. The quantitative estimate of drug-likeness (QED) is 0.144. The predicted molar refractivity (Wildman–Crippen MR) is 144 cm³/mol. The Balaban J connectivity index is 1.40. The Labute approximate surface area is 236 Å². The van der Waals surface area contributed by atoms with Crippen LogP contribution >= 0.6 is 12.2 Å². The number of nitrogens with zero attached hydrogens (tertiary/aromatic N) is 2. The van der Waals surface area contributed by atoms with Crippen LogP contribution in [0.4, 0.5) is 13.2 Å². The highest BCUT2D eigenvalue weighted by Gasteiger charge is 2.42. The van der Waals surface area contributed by atoms with Crippen LogP contribution in [0.15, 0.2) is 48.5 Å². The third-order valence-corrected chi connectivity index (χ3v) is 6.82. The summed E-state index contributed by atoms with van der Waals surface area (Å²) in [5.74, 6) is -3.41. The number of aryl methyl sites for hydroxylation is 1. The highest BCUT2D eigenvalue weighted by Crippen LogP contribution is 2.30. The van der Waals surface area contributed by atoms with E-state index in [9.17, 15) is 22.8 Å². The summed E-state index contributed by atoms with van der Waals surface area (Å²) in [6.45, 7) is 2.97. The number of alkyl halides is 3. The maximum Gasteiger partial charge on any atom is 0.491 e. The molecule has 10 nitrogen and oxygen atoms in total. The molecular weight excluding hydrogens is 561 g/mol. The summed E-state index contributed by atoms with van der Waals surface area (Å²) in [6.07, 6.45) is -4.75. The van der Waals surface area contributed by atoms with Crippen molar-refractivity contribution in [3.63, 3.8) is 0 Å². The molecular formula is C27H25F3N6O4S. The van der Waals surface area contributed by atoms with Crippen LogP contribution in [-0.2, 0) is 11.4 Å². The fourth-order valence-electron chi connectivity index (χ4n) is 4.72. The number of halogens is 3. The molecule has 3 heterocycles. The number of piperidine rings is 1. The molecule has 1 aliphatic rings. The van der Waals surface area contributed by atoms with E-state index in [1.807, 2.05) is 37.3 Å². The van der Waals surface area contributed by atoms with Crippen LogP contribution in [0.1, 0.15) is 39.8 Å². The van der Waals surface area contributed by atoms with Crippen molar-refractivity contribution < 1.29 is 32.2 Å². The Kier molecular flexibility index (Phi) is 8.03. The van der Waals surface area contributed by atoms with E-state index in [4.69, 9.17) is 17.0 Å². The van der Waals surface area contributed by atoms with Crippen molar-refractivity contribution in [3.05, 3.63) is 75.9 Å². The lowest BCUT2D eigenvalue weighted by Crippen LogP contribution is -2.48. The Morgan fingerprint density at radius 1 is 1.12 bits per heavy atom. The standard InChI is InChI=1S/C27H25F3N6O4S/c1-14-10-15(17-4-2-3-5-20(17)32-14)13-39-16-6-7-18(22(11-16)40-25(38)27(28,29)30)24(37)33-21-8-9-31-12-19(21)23-34-26(41)36-35-23/h2-7,10-11,19,21,31H,8-9,12-13H2,1H3,(H,33,37)(H2,34,35,36,41). The number of hydrogen-bond acceptors (Lipinski definition) is 8. The van der Waals surface area contributed by atoms with Crippen LogP contribution in [0.25, 0.3) is 10.9 Å². The molecule has 0 saturated carbocycles. The first-order chi connectivity index (χ1) is 19.6. The summed E-state index contributed by atoms with van der Waals surface area (Å²) >= 11 is 5.03. The lowest BCUT2D eigenvalue weighted by molar-refractivity contribution is -0.189. The van der Waals surface area contributed by atoms with Crippen molar-refractivity contribution in [1.29, 1.82) is 0 Å². The van der Waals surface area contributed by atoms with Gasteiger partial charge < -0.3 is 20.1 Å². The molecule has 1 saturated heterocycles. The van der Waals surface area contributed by atoms with E-state index in [1.54, 1.807) is 0 Å². The Morgan fingerprint density at radius 3 is 2.68 bits per heavy atom. The van der Waals surface area contributed by atoms with Crippen molar-refractivity contribution >= 4 is 35.0 Å². The van der Waals surface area contributed by atoms with E-state index in [2.05, 4.69) is 35.5 Å². The molecule has 4 N–H and O–H groups in total. The fraction of sp³-hybridized carbons (Fsp3) is 0.296. The molecule has 4 aromatic rings. The van der Waals surface area contributed by atoms with Gasteiger partial charge in [0.2, 0.25) is 4.77 Å². The van der Waals surface area contributed by atoms with Crippen molar-refractivity contribution in [3.8, 4) is 11.5 Å². The van der Waals surface area contributed by atoms with Gasteiger partial charge in [0, 0.05) is 35.3 Å². The zero-order valence-corrected chi connectivity index (χ0v) is 22.5. The number of benzene rings is 2. The number of ether oxygens (including phenoxy) is 2. The molecule has 0 radical (unpaired) electrons.